The number of hydrogen-bond acceptors (Lipinski definition) is 4. The number of fused-ring (bicyclic) bond motifs is 2. The largest absolute Gasteiger partial charge is 0.375 e. The molecule has 3 fully saturated rings. The van der Waals surface area contributed by atoms with E-state index in [-0.39, 0.29) is 36.8 Å². The number of nitrogens with zero attached hydrogens (tertiary/aromatic N) is 2. The molecular formula is C21H33Cl2N3O2. The van der Waals surface area contributed by atoms with Crippen LogP contribution in [0.2, 0.25) is 0 Å². The summed E-state index contributed by atoms with van der Waals surface area (Å²) in [6, 6.07) is 12.2. The standard InChI is InChI=1S/C21H31N3O2.2ClH/c1-23(19-11-17-7-8-18(12-19)22-17)21(25)13-20-15-24(9-10-26-20)14-16-5-3-2-4-6-16;;/h2-6,17-20,22H,7-15H2,1H3;2*1H. The van der Waals surface area contributed by atoms with Gasteiger partial charge in [-0.05, 0) is 31.2 Å². The lowest BCUT2D eigenvalue weighted by Gasteiger charge is -2.37. The Morgan fingerprint density at radius 2 is 1.86 bits per heavy atom. The smallest absolute Gasteiger partial charge is 0.225 e. The molecule has 7 heteroatoms. The van der Waals surface area contributed by atoms with Gasteiger partial charge in [-0.3, -0.25) is 9.69 Å². The lowest BCUT2D eigenvalue weighted by atomic mass is 9.98. The van der Waals surface area contributed by atoms with Crippen LogP contribution in [0.25, 0.3) is 0 Å². The maximum Gasteiger partial charge on any atom is 0.225 e. The summed E-state index contributed by atoms with van der Waals surface area (Å²) in [5, 5.41) is 3.66. The predicted octanol–water partition coefficient (Wildman–Crippen LogP) is 2.86. The zero-order valence-corrected chi connectivity index (χ0v) is 18.2. The third-order valence-electron chi connectivity index (χ3n) is 6.26. The Morgan fingerprint density at radius 3 is 2.54 bits per heavy atom. The predicted molar refractivity (Wildman–Crippen MR) is 116 cm³/mol. The van der Waals surface area contributed by atoms with Gasteiger partial charge in [-0.1, -0.05) is 30.3 Å². The summed E-state index contributed by atoms with van der Waals surface area (Å²) in [4.78, 5) is 17.2. The minimum absolute atomic E-state index is 0. The molecule has 3 aliphatic rings. The molecule has 4 rings (SSSR count). The summed E-state index contributed by atoms with van der Waals surface area (Å²) >= 11 is 0. The zero-order valence-electron chi connectivity index (χ0n) is 16.6. The van der Waals surface area contributed by atoms with Crippen LogP contribution in [-0.4, -0.2) is 66.7 Å². The third kappa shape index (κ3) is 5.83. The molecule has 3 aliphatic heterocycles. The van der Waals surface area contributed by atoms with Crippen molar-refractivity contribution in [2.75, 3.05) is 26.7 Å². The van der Waals surface area contributed by atoms with Crippen LogP contribution in [0, 0.1) is 0 Å². The first-order valence-electron chi connectivity index (χ1n) is 10.1. The first-order valence-corrected chi connectivity index (χ1v) is 10.1. The van der Waals surface area contributed by atoms with E-state index in [4.69, 9.17) is 4.74 Å². The first-order chi connectivity index (χ1) is 12.7. The van der Waals surface area contributed by atoms with Crippen LogP contribution < -0.4 is 5.32 Å². The number of ether oxygens (including phenoxy) is 1. The van der Waals surface area contributed by atoms with Gasteiger partial charge in [0.1, 0.15) is 0 Å². The van der Waals surface area contributed by atoms with E-state index >= 15 is 0 Å². The Morgan fingerprint density at radius 1 is 1.18 bits per heavy atom. The highest BCUT2D eigenvalue weighted by atomic mass is 35.5. The van der Waals surface area contributed by atoms with Crippen LogP contribution in [0.5, 0.6) is 0 Å². The van der Waals surface area contributed by atoms with Crippen LogP contribution in [0.1, 0.15) is 37.7 Å². The van der Waals surface area contributed by atoms with Gasteiger partial charge in [0.25, 0.3) is 0 Å². The Hall–Kier alpha value is -0.850. The van der Waals surface area contributed by atoms with E-state index in [2.05, 4.69) is 34.5 Å². The molecule has 0 radical (unpaired) electrons. The van der Waals surface area contributed by atoms with Gasteiger partial charge in [0, 0.05) is 44.8 Å². The van der Waals surface area contributed by atoms with Crippen LogP contribution in [0.15, 0.2) is 30.3 Å². The third-order valence-corrected chi connectivity index (χ3v) is 6.26. The number of carbonyl (C=O) groups is 1. The molecule has 158 valence electrons. The van der Waals surface area contributed by atoms with Crippen molar-refractivity contribution in [2.45, 2.75) is 62.9 Å². The van der Waals surface area contributed by atoms with Crippen molar-refractivity contribution in [1.82, 2.24) is 15.1 Å². The number of benzene rings is 1. The molecule has 0 spiro atoms. The van der Waals surface area contributed by atoms with Gasteiger partial charge in [-0.15, -0.1) is 24.8 Å². The van der Waals surface area contributed by atoms with E-state index in [1.54, 1.807) is 0 Å². The molecule has 1 amide bonds. The maximum atomic E-state index is 12.8. The normalized spacial score (nSPS) is 29.5. The number of halogens is 2. The molecule has 1 aromatic rings. The van der Waals surface area contributed by atoms with Crippen molar-refractivity contribution in [1.29, 1.82) is 0 Å². The monoisotopic (exact) mass is 429 g/mol. The number of nitrogens with one attached hydrogen (secondary N) is 1. The maximum absolute atomic E-state index is 12.8. The number of hydrogen-bond donors (Lipinski definition) is 1. The molecule has 0 aliphatic carbocycles. The molecule has 1 N–H and O–H groups in total. The van der Waals surface area contributed by atoms with E-state index in [9.17, 15) is 4.79 Å². The van der Waals surface area contributed by atoms with Gasteiger partial charge in [0.2, 0.25) is 5.91 Å². The fourth-order valence-corrected chi connectivity index (χ4v) is 4.77. The number of carbonyl (C=O) groups excluding carboxylic acids is 1. The Balaban J connectivity index is 0.00000140. The minimum Gasteiger partial charge on any atom is -0.375 e. The average Bonchev–Trinajstić information content (AvgIpc) is 3.00. The summed E-state index contributed by atoms with van der Waals surface area (Å²) < 4.78 is 5.91. The number of morpholine rings is 1. The second-order valence-electron chi connectivity index (χ2n) is 8.19. The average molecular weight is 430 g/mol. The topological polar surface area (TPSA) is 44.8 Å². The number of amides is 1. The van der Waals surface area contributed by atoms with E-state index in [0.717, 1.165) is 32.5 Å². The first kappa shape index (κ1) is 23.4. The minimum atomic E-state index is 0. The fourth-order valence-electron chi connectivity index (χ4n) is 4.77. The van der Waals surface area contributed by atoms with Crippen LogP contribution in [-0.2, 0) is 16.1 Å². The Kier molecular flexibility index (Phi) is 9.03. The SMILES string of the molecule is CN(C(=O)CC1CN(Cc2ccccc2)CCO1)C1CC2CCC(C1)N2.Cl.Cl. The molecule has 1 aromatic carbocycles. The molecule has 28 heavy (non-hydrogen) atoms. The highest BCUT2D eigenvalue weighted by Gasteiger charge is 2.37. The van der Waals surface area contributed by atoms with Gasteiger partial charge < -0.3 is 15.0 Å². The summed E-state index contributed by atoms with van der Waals surface area (Å²) in [5.74, 6) is 0.239. The fraction of sp³-hybridized carbons (Fsp3) is 0.667. The summed E-state index contributed by atoms with van der Waals surface area (Å²) in [6.45, 7) is 3.42. The summed E-state index contributed by atoms with van der Waals surface area (Å²) in [7, 11) is 1.99. The molecule has 3 atom stereocenters. The second-order valence-corrected chi connectivity index (χ2v) is 8.19. The lowest BCUT2D eigenvalue weighted by Crippen LogP contribution is -2.50. The molecule has 5 nitrogen and oxygen atoms in total. The van der Waals surface area contributed by atoms with Crippen molar-refractivity contribution < 1.29 is 9.53 Å². The second kappa shape index (κ2) is 10.8. The van der Waals surface area contributed by atoms with Gasteiger partial charge in [0.05, 0.1) is 19.1 Å². The molecular weight excluding hydrogens is 397 g/mol. The molecule has 3 saturated heterocycles. The van der Waals surface area contributed by atoms with Crippen molar-refractivity contribution in [3.8, 4) is 0 Å². The van der Waals surface area contributed by atoms with E-state index in [1.807, 2.05) is 18.0 Å². The van der Waals surface area contributed by atoms with Crippen molar-refractivity contribution in [3.63, 3.8) is 0 Å². The zero-order chi connectivity index (χ0) is 17.9. The van der Waals surface area contributed by atoms with Crippen LogP contribution in [0.4, 0.5) is 0 Å². The highest BCUT2D eigenvalue weighted by Crippen LogP contribution is 2.29. The van der Waals surface area contributed by atoms with Crippen molar-refractivity contribution in [3.05, 3.63) is 35.9 Å². The lowest BCUT2D eigenvalue weighted by molar-refractivity contribution is -0.137. The van der Waals surface area contributed by atoms with Gasteiger partial charge in [-0.2, -0.15) is 0 Å². The van der Waals surface area contributed by atoms with E-state index in [1.165, 1.54) is 18.4 Å². The molecule has 0 saturated carbocycles. The molecule has 0 aromatic heterocycles. The highest BCUT2D eigenvalue weighted by molar-refractivity contribution is 5.85. The van der Waals surface area contributed by atoms with E-state index in [0.29, 0.717) is 31.2 Å². The molecule has 3 heterocycles. The van der Waals surface area contributed by atoms with Gasteiger partial charge >= 0.3 is 0 Å². The summed E-state index contributed by atoms with van der Waals surface area (Å²) in [6.07, 6.45) is 5.25. The van der Waals surface area contributed by atoms with Crippen molar-refractivity contribution >= 4 is 30.7 Å². The quantitative estimate of drug-likeness (QED) is 0.781. The van der Waals surface area contributed by atoms with Crippen molar-refractivity contribution in [2.24, 2.45) is 0 Å². The van der Waals surface area contributed by atoms with Crippen LogP contribution in [0.3, 0.4) is 0 Å². The summed E-state index contributed by atoms with van der Waals surface area (Å²) in [5.41, 5.74) is 1.32. The molecule has 2 bridgehead atoms. The Bertz CT molecular complexity index is 607. The number of rotatable bonds is 5. The molecule has 3 unspecified atom stereocenters. The number of piperidine rings is 1. The Labute approximate surface area is 181 Å². The van der Waals surface area contributed by atoms with Gasteiger partial charge in [-0.25, -0.2) is 0 Å². The van der Waals surface area contributed by atoms with Crippen LogP contribution >= 0.6 is 24.8 Å². The van der Waals surface area contributed by atoms with E-state index < -0.39 is 0 Å². The van der Waals surface area contributed by atoms with Gasteiger partial charge in [0.15, 0.2) is 0 Å².